The highest BCUT2D eigenvalue weighted by Gasteiger charge is 2.15. The first-order valence-corrected chi connectivity index (χ1v) is 7.80. The predicted molar refractivity (Wildman–Crippen MR) is 86.3 cm³/mol. The standard InChI is InChI=1S/C16H24ClFN2O/c1-4-5-6-9-20(12(2)3)11-16(21)19-15-10-13(17)7-8-14(15)18/h7-8,10,12H,4-6,9,11H2,1-3H3,(H,19,21). The van der Waals surface area contributed by atoms with Gasteiger partial charge in [-0.15, -0.1) is 0 Å². The lowest BCUT2D eigenvalue weighted by atomic mass is 10.2. The molecule has 0 aromatic heterocycles. The molecule has 118 valence electrons. The zero-order valence-electron chi connectivity index (χ0n) is 13.0. The molecule has 1 rings (SSSR count). The Morgan fingerprint density at radius 3 is 2.71 bits per heavy atom. The molecule has 0 heterocycles. The van der Waals surface area contributed by atoms with E-state index in [1.54, 1.807) is 0 Å². The van der Waals surface area contributed by atoms with Gasteiger partial charge in [-0.2, -0.15) is 0 Å². The SMILES string of the molecule is CCCCCN(CC(=O)Nc1cc(Cl)ccc1F)C(C)C. The van der Waals surface area contributed by atoms with Crippen molar-refractivity contribution < 1.29 is 9.18 Å². The van der Waals surface area contributed by atoms with Crippen LogP contribution in [-0.4, -0.2) is 29.9 Å². The Labute approximate surface area is 131 Å². The van der Waals surface area contributed by atoms with E-state index in [-0.39, 0.29) is 24.2 Å². The van der Waals surface area contributed by atoms with Gasteiger partial charge in [-0.05, 0) is 45.0 Å². The minimum absolute atomic E-state index is 0.129. The Balaban J connectivity index is 2.59. The summed E-state index contributed by atoms with van der Waals surface area (Å²) in [5.41, 5.74) is 0.129. The summed E-state index contributed by atoms with van der Waals surface area (Å²) in [6, 6.07) is 4.40. The van der Waals surface area contributed by atoms with Crippen molar-refractivity contribution in [1.29, 1.82) is 0 Å². The van der Waals surface area contributed by atoms with Crippen LogP contribution < -0.4 is 5.32 Å². The molecular weight excluding hydrogens is 291 g/mol. The van der Waals surface area contributed by atoms with Gasteiger partial charge in [0.1, 0.15) is 5.82 Å². The smallest absolute Gasteiger partial charge is 0.238 e. The lowest BCUT2D eigenvalue weighted by Crippen LogP contribution is -2.38. The Bertz CT molecular complexity index is 466. The molecule has 0 saturated heterocycles. The number of hydrogen-bond donors (Lipinski definition) is 1. The third-order valence-electron chi connectivity index (χ3n) is 3.33. The number of halogens is 2. The van der Waals surface area contributed by atoms with Crippen molar-refractivity contribution >= 4 is 23.2 Å². The van der Waals surface area contributed by atoms with Crippen LogP contribution in [0.1, 0.15) is 40.0 Å². The number of carbonyl (C=O) groups excluding carboxylic acids is 1. The van der Waals surface area contributed by atoms with E-state index in [2.05, 4.69) is 31.0 Å². The molecule has 0 radical (unpaired) electrons. The van der Waals surface area contributed by atoms with Crippen molar-refractivity contribution in [2.75, 3.05) is 18.4 Å². The maximum Gasteiger partial charge on any atom is 0.238 e. The zero-order valence-corrected chi connectivity index (χ0v) is 13.7. The van der Waals surface area contributed by atoms with Gasteiger partial charge in [-0.3, -0.25) is 9.69 Å². The molecule has 0 bridgehead atoms. The van der Waals surface area contributed by atoms with Crippen molar-refractivity contribution in [2.24, 2.45) is 0 Å². The largest absolute Gasteiger partial charge is 0.322 e. The first-order chi connectivity index (χ1) is 9.93. The number of carbonyl (C=O) groups is 1. The Morgan fingerprint density at radius 1 is 1.38 bits per heavy atom. The second kappa shape index (κ2) is 9.00. The zero-order chi connectivity index (χ0) is 15.8. The van der Waals surface area contributed by atoms with Gasteiger partial charge in [-0.25, -0.2) is 4.39 Å². The highest BCUT2D eigenvalue weighted by molar-refractivity contribution is 6.30. The molecule has 0 fully saturated rings. The average Bonchev–Trinajstić information content (AvgIpc) is 2.42. The summed E-state index contributed by atoms with van der Waals surface area (Å²) in [6.07, 6.45) is 3.35. The fraction of sp³-hybridized carbons (Fsp3) is 0.562. The summed E-state index contributed by atoms with van der Waals surface area (Å²) >= 11 is 5.81. The van der Waals surface area contributed by atoms with E-state index < -0.39 is 5.82 Å². The number of nitrogens with one attached hydrogen (secondary N) is 1. The Kier molecular flexibility index (Phi) is 7.68. The highest BCUT2D eigenvalue weighted by atomic mass is 35.5. The molecule has 1 aromatic carbocycles. The molecule has 21 heavy (non-hydrogen) atoms. The molecule has 5 heteroatoms. The molecule has 0 spiro atoms. The van der Waals surface area contributed by atoms with E-state index >= 15 is 0 Å². The molecule has 0 aliphatic heterocycles. The summed E-state index contributed by atoms with van der Waals surface area (Å²) in [5.74, 6) is -0.698. The molecule has 0 unspecified atom stereocenters. The summed E-state index contributed by atoms with van der Waals surface area (Å²) in [7, 11) is 0. The summed E-state index contributed by atoms with van der Waals surface area (Å²) in [5, 5.41) is 2.99. The first kappa shape index (κ1) is 17.9. The van der Waals surface area contributed by atoms with Gasteiger partial charge in [0.15, 0.2) is 0 Å². The molecule has 0 aliphatic carbocycles. The van der Waals surface area contributed by atoms with Crippen molar-refractivity contribution in [2.45, 2.75) is 46.1 Å². The van der Waals surface area contributed by atoms with Crippen molar-refractivity contribution in [1.82, 2.24) is 4.90 Å². The highest BCUT2D eigenvalue weighted by Crippen LogP contribution is 2.19. The summed E-state index contributed by atoms with van der Waals surface area (Å²) < 4.78 is 13.6. The maximum atomic E-state index is 13.6. The van der Waals surface area contributed by atoms with Crippen LogP contribution in [0.15, 0.2) is 18.2 Å². The maximum absolute atomic E-state index is 13.6. The van der Waals surface area contributed by atoms with Crippen LogP contribution >= 0.6 is 11.6 Å². The number of amides is 1. The third-order valence-corrected chi connectivity index (χ3v) is 3.56. The minimum Gasteiger partial charge on any atom is -0.322 e. The molecular formula is C16H24ClFN2O. The van der Waals surface area contributed by atoms with Gasteiger partial charge in [-0.1, -0.05) is 31.4 Å². The van der Waals surface area contributed by atoms with E-state index in [1.165, 1.54) is 18.2 Å². The first-order valence-electron chi connectivity index (χ1n) is 7.43. The summed E-state index contributed by atoms with van der Waals surface area (Å²) in [4.78, 5) is 14.2. The second-order valence-corrected chi connectivity index (χ2v) is 5.88. The average molecular weight is 315 g/mol. The van der Waals surface area contributed by atoms with E-state index in [4.69, 9.17) is 11.6 Å². The van der Waals surface area contributed by atoms with Crippen LogP contribution in [-0.2, 0) is 4.79 Å². The lowest BCUT2D eigenvalue weighted by Gasteiger charge is -2.25. The monoisotopic (exact) mass is 314 g/mol. The van der Waals surface area contributed by atoms with Crippen LogP contribution in [0.25, 0.3) is 0 Å². The molecule has 0 saturated carbocycles. The fourth-order valence-corrected chi connectivity index (χ4v) is 2.22. The van der Waals surface area contributed by atoms with E-state index in [1.807, 2.05) is 0 Å². The van der Waals surface area contributed by atoms with Crippen LogP contribution in [0.2, 0.25) is 5.02 Å². The quantitative estimate of drug-likeness (QED) is 0.725. The second-order valence-electron chi connectivity index (χ2n) is 5.44. The number of unbranched alkanes of at least 4 members (excludes halogenated alkanes) is 2. The van der Waals surface area contributed by atoms with Gasteiger partial charge in [0.05, 0.1) is 12.2 Å². The Hall–Kier alpha value is -1.13. The van der Waals surface area contributed by atoms with Gasteiger partial charge in [0.25, 0.3) is 0 Å². The number of benzene rings is 1. The van der Waals surface area contributed by atoms with Crippen molar-refractivity contribution in [3.05, 3.63) is 29.0 Å². The fourth-order valence-electron chi connectivity index (χ4n) is 2.05. The van der Waals surface area contributed by atoms with Crippen LogP contribution in [0, 0.1) is 5.82 Å². The molecule has 3 nitrogen and oxygen atoms in total. The Morgan fingerprint density at radius 2 is 2.10 bits per heavy atom. The van der Waals surface area contributed by atoms with Crippen LogP contribution in [0.3, 0.4) is 0 Å². The number of anilines is 1. The predicted octanol–water partition coefficient (Wildman–Crippen LogP) is 4.32. The van der Waals surface area contributed by atoms with Gasteiger partial charge in [0, 0.05) is 11.1 Å². The van der Waals surface area contributed by atoms with Gasteiger partial charge < -0.3 is 5.32 Å². The van der Waals surface area contributed by atoms with Crippen molar-refractivity contribution in [3.8, 4) is 0 Å². The number of hydrogen-bond acceptors (Lipinski definition) is 2. The molecule has 1 aromatic rings. The van der Waals surface area contributed by atoms with E-state index in [0.29, 0.717) is 5.02 Å². The third kappa shape index (κ3) is 6.44. The minimum atomic E-state index is -0.477. The number of nitrogens with zero attached hydrogens (tertiary/aromatic N) is 1. The molecule has 0 aliphatic rings. The van der Waals surface area contributed by atoms with Crippen LogP contribution in [0.5, 0.6) is 0 Å². The van der Waals surface area contributed by atoms with Gasteiger partial charge >= 0.3 is 0 Å². The number of rotatable bonds is 8. The van der Waals surface area contributed by atoms with E-state index in [9.17, 15) is 9.18 Å². The topological polar surface area (TPSA) is 32.3 Å². The molecule has 1 amide bonds. The molecule has 1 N–H and O–H groups in total. The van der Waals surface area contributed by atoms with E-state index in [0.717, 1.165) is 25.8 Å². The van der Waals surface area contributed by atoms with Crippen LogP contribution in [0.4, 0.5) is 10.1 Å². The van der Waals surface area contributed by atoms with Crippen molar-refractivity contribution in [3.63, 3.8) is 0 Å². The molecule has 0 atom stereocenters. The normalized spacial score (nSPS) is 11.2. The van der Waals surface area contributed by atoms with Gasteiger partial charge in [0.2, 0.25) is 5.91 Å². The summed E-state index contributed by atoms with van der Waals surface area (Å²) in [6.45, 7) is 7.39. The lowest BCUT2D eigenvalue weighted by molar-refractivity contribution is -0.117.